The fourth-order valence-corrected chi connectivity index (χ4v) is 2.76. The van der Waals surface area contributed by atoms with Crippen molar-refractivity contribution in [1.82, 2.24) is 10.6 Å². The highest BCUT2D eigenvalue weighted by Crippen LogP contribution is 2.44. The van der Waals surface area contributed by atoms with Gasteiger partial charge in [0.2, 0.25) is 5.91 Å². The lowest BCUT2D eigenvalue weighted by atomic mass is 9.87. The van der Waals surface area contributed by atoms with Crippen molar-refractivity contribution in [2.45, 2.75) is 12.5 Å². The molecule has 0 aromatic carbocycles. The average Bonchev–Trinajstić information content (AvgIpc) is 2.62. The number of carbonyl (C=O) groups is 2. The number of amides is 3. The lowest BCUT2D eigenvalue weighted by molar-refractivity contribution is -0.126. The molecule has 68 valence electrons. The molecule has 1 heterocycles. The van der Waals surface area contributed by atoms with Gasteiger partial charge in [0.25, 0.3) is 0 Å². The number of imide groups is 1. The molecule has 3 rings (SSSR count). The first kappa shape index (κ1) is 7.12. The van der Waals surface area contributed by atoms with Gasteiger partial charge in [0, 0.05) is 6.04 Å². The minimum Gasteiger partial charge on any atom is -0.334 e. The normalized spacial score (nSPS) is 45.8. The van der Waals surface area contributed by atoms with E-state index < -0.39 is 0 Å². The zero-order valence-electron chi connectivity index (χ0n) is 6.99. The number of nitrogens with one attached hydrogen (secondary N) is 2. The fraction of sp³-hybridized carbons (Fsp3) is 0.556. The summed E-state index contributed by atoms with van der Waals surface area (Å²) in [6.07, 6.45) is 5.23. The Bertz CT molecular complexity index is 324. The molecule has 4 heteroatoms. The molecule has 2 fully saturated rings. The van der Waals surface area contributed by atoms with Crippen LogP contribution in [0.4, 0.5) is 4.79 Å². The molecule has 2 N–H and O–H groups in total. The minimum absolute atomic E-state index is 0.0206. The van der Waals surface area contributed by atoms with Gasteiger partial charge in [-0.3, -0.25) is 10.1 Å². The first-order valence-electron chi connectivity index (χ1n) is 4.55. The third kappa shape index (κ3) is 0.802. The van der Waals surface area contributed by atoms with Crippen LogP contribution in [0.5, 0.6) is 0 Å². The van der Waals surface area contributed by atoms with Crippen LogP contribution in [0.15, 0.2) is 12.2 Å². The topological polar surface area (TPSA) is 58.2 Å². The van der Waals surface area contributed by atoms with E-state index in [4.69, 9.17) is 0 Å². The fourth-order valence-electron chi connectivity index (χ4n) is 2.76. The van der Waals surface area contributed by atoms with E-state index in [-0.39, 0.29) is 23.9 Å². The van der Waals surface area contributed by atoms with Crippen molar-refractivity contribution in [1.29, 1.82) is 0 Å². The van der Waals surface area contributed by atoms with Crippen LogP contribution in [0, 0.1) is 17.8 Å². The lowest BCUT2D eigenvalue weighted by Crippen LogP contribution is -2.59. The third-order valence-corrected chi connectivity index (χ3v) is 3.30. The summed E-state index contributed by atoms with van der Waals surface area (Å²) in [5, 5.41) is 5.13. The summed E-state index contributed by atoms with van der Waals surface area (Å²) in [4.78, 5) is 22.5. The van der Waals surface area contributed by atoms with Crippen LogP contribution in [0.1, 0.15) is 6.42 Å². The zero-order valence-corrected chi connectivity index (χ0v) is 6.99. The highest BCUT2D eigenvalue weighted by molar-refractivity contribution is 5.99. The molecule has 4 unspecified atom stereocenters. The Morgan fingerprint density at radius 2 is 2.00 bits per heavy atom. The summed E-state index contributed by atoms with van der Waals surface area (Å²) >= 11 is 0. The van der Waals surface area contributed by atoms with Crippen molar-refractivity contribution < 1.29 is 9.59 Å². The van der Waals surface area contributed by atoms with E-state index in [2.05, 4.69) is 22.8 Å². The molecule has 0 aromatic rings. The quantitative estimate of drug-likeness (QED) is 0.513. The van der Waals surface area contributed by atoms with Gasteiger partial charge in [-0.2, -0.15) is 0 Å². The Morgan fingerprint density at radius 3 is 2.85 bits per heavy atom. The molecule has 2 bridgehead atoms. The van der Waals surface area contributed by atoms with Gasteiger partial charge >= 0.3 is 6.03 Å². The zero-order chi connectivity index (χ0) is 9.00. The molecule has 1 saturated heterocycles. The van der Waals surface area contributed by atoms with Crippen molar-refractivity contribution in [3.05, 3.63) is 12.2 Å². The van der Waals surface area contributed by atoms with Crippen LogP contribution in [0.25, 0.3) is 0 Å². The first-order chi connectivity index (χ1) is 6.25. The summed E-state index contributed by atoms with van der Waals surface area (Å²) < 4.78 is 0. The van der Waals surface area contributed by atoms with Gasteiger partial charge in [0.1, 0.15) is 0 Å². The third-order valence-electron chi connectivity index (χ3n) is 3.30. The minimum atomic E-state index is -0.341. The largest absolute Gasteiger partial charge is 0.334 e. The molecule has 0 aromatic heterocycles. The Hall–Kier alpha value is -1.32. The van der Waals surface area contributed by atoms with Crippen molar-refractivity contribution >= 4 is 11.9 Å². The van der Waals surface area contributed by atoms with Gasteiger partial charge in [-0.1, -0.05) is 12.2 Å². The van der Waals surface area contributed by atoms with Crippen LogP contribution in [-0.4, -0.2) is 18.0 Å². The maximum atomic E-state index is 11.5. The molecular weight excluding hydrogens is 168 g/mol. The summed E-state index contributed by atoms with van der Waals surface area (Å²) in [5.41, 5.74) is 0. The smallest absolute Gasteiger partial charge is 0.321 e. The van der Waals surface area contributed by atoms with Gasteiger partial charge in [-0.05, 0) is 18.3 Å². The summed E-state index contributed by atoms with van der Waals surface area (Å²) in [7, 11) is 0. The molecule has 3 aliphatic rings. The van der Waals surface area contributed by atoms with Crippen molar-refractivity contribution in [3.8, 4) is 0 Å². The van der Waals surface area contributed by atoms with Crippen LogP contribution in [0.3, 0.4) is 0 Å². The van der Waals surface area contributed by atoms with E-state index in [1.165, 1.54) is 0 Å². The second kappa shape index (κ2) is 2.13. The van der Waals surface area contributed by atoms with Crippen LogP contribution in [-0.2, 0) is 4.79 Å². The lowest BCUT2D eigenvalue weighted by Gasteiger charge is -2.31. The number of urea groups is 1. The Balaban J connectivity index is 1.98. The Kier molecular flexibility index (Phi) is 1.17. The van der Waals surface area contributed by atoms with E-state index in [1.54, 1.807) is 0 Å². The maximum Gasteiger partial charge on any atom is 0.321 e. The second-order valence-corrected chi connectivity index (χ2v) is 3.96. The van der Waals surface area contributed by atoms with E-state index in [0.29, 0.717) is 11.8 Å². The number of allylic oxidation sites excluding steroid dienone is 1. The summed E-state index contributed by atoms with van der Waals surface area (Å²) in [5.74, 6) is 0.596. The molecule has 0 radical (unpaired) electrons. The average molecular weight is 178 g/mol. The number of hydrogen-bond donors (Lipinski definition) is 2. The van der Waals surface area contributed by atoms with Crippen LogP contribution < -0.4 is 10.6 Å². The summed E-state index contributed by atoms with van der Waals surface area (Å²) in [6.45, 7) is 0. The number of hydrogen-bond acceptors (Lipinski definition) is 2. The maximum absolute atomic E-state index is 11.5. The second-order valence-electron chi connectivity index (χ2n) is 3.96. The molecule has 13 heavy (non-hydrogen) atoms. The van der Waals surface area contributed by atoms with Gasteiger partial charge < -0.3 is 5.32 Å². The number of fused-ring (bicyclic) bond motifs is 5. The predicted octanol–water partition coefficient (Wildman–Crippen LogP) is 0.0165. The number of carbonyl (C=O) groups excluding carboxylic acids is 2. The van der Waals surface area contributed by atoms with Crippen molar-refractivity contribution in [2.24, 2.45) is 17.8 Å². The van der Waals surface area contributed by atoms with E-state index >= 15 is 0 Å². The molecule has 3 amide bonds. The van der Waals surface area contributed by atoms with Gasteiger partial charge in [0.15, 0.2) is 0 Å². The molecule has 1 saturated carbocycles. The molecular formula is C9H10N2O2. The molecule has 4 nitrogen and oxygen atoms in total. The Labute approximate surface area is 75.4 Å². The van der Waals surface area contributed by atoms with Crippen molar-refractivity contribution in [3.63, 3.8) is 0 Å². The van der Waals surface area contributed by atoms with Gasteiger partial charge in [-0.15, -0.1) is 0 Å². The SMILES string of the molecule is O=C1NC(=O)C2C3C=CC(C3)C2N1. The van der Waals surface area contributed by atoms with Crippen LogP contribution in [0.2, 0.25) is 0 Å². The Morgan fingerprint density at radius 1 is 1.23 bits per heavy atom. The highest BCUT2D eigenvalue weighted by Gasteiger charge is 2.51. The van der Waals surface area contributed by atoms with E-state index in [9.17, 15) is 9.59 Å². The first-order valence-corrected chi connectivity index (χ1v) is 4.55. The number of rotatable bonds is 0. The monoisotopic (exact) mass is 178 g/mol. The highest BCUT2D eigenvalue weighted by atomic mass is 16.2. The van der Waals surface area contributed by atoms with Gasteiger partial charge in [0.05, 0.1) is 5.92 Å². The van der Waals surface area contributed by atoms with Gasteiger partial charge in [-0.25, -0.2) is 4.79 Å². The molecule has 4 atom stereocenters. The molecule has 0 spiro atoms. The summed E-state index contributed by atoms with van der Waals surface area (Å²) in [6, 6.07) is -0.288. The molecule has 2 aliphatic carbocycles. The van der Waals surface area contributed by atoms with E-state index in [0.717, 1.165) is 6.42 Å². The molecule has 1 aliphatic heterocycles. The standard InChI is InChI=1S/C9H10N2O2/c12-8-6-4-1-2-5(3-4)7(6)10-9(13)11-8/h1-2,4-7H,3H2,(H2,10,11,12,13). The van der Waals surface area contributed by atoms with Crippen molar-refractivity contribution in [2.75, 3.05) is 0 Å². The van der Waals surface area contributed by atoms with Crippen LogP contribution >= 0.6 is 0 Å². The predicted molar refractivity (Wildman–Crippen MR) is 44.7 cm³/mol. The van der Waals surface area contributed by atoms with E-state index in [1.807, 2.05) is 0 Å².